The number of nitrogens with zero attached hydrogens (tertiary/aromatic N) is 1. The van der Waals surface area contributed by atoms with E-state index in [4.69, 9.17) is 0 Å². The van der Waals surface area contributed by atoms with E-state index in [0.717, 1.165) is 11.3 Å². The van der Waals surface area contributed by atoms with Crippen molar-refractivity contribution in [2.45, 2.75) is 19.9 Å². The molecule has 1 unspecified atom stereocenters. The molecule has 0 aliphatic heterocycles. The van der Waals surface area contributed by atoms with Crippen LogP contribution in [0.5, 0.6) is 0 Å². The average Bonchev–Trinajstić information content (AvgIpc) is 2.44. The minimum atomic E-state index is -0.996. The highest BCUT2D eigenvalue weighted by Gasteiger charge is 2.27. The Morgan fingerprint density at radius 1 is 1.24 bits per heavy atom. The van der Waals surface area contributed by atoms with Crippen LogP contribution in [-0.4, -0.2) is 17.6 Å². The molecule has 0 heterocycles. The van der Waals surface area contributed by atoms with Crippen LogP contribution in [0.4, 0.5) is 10.1 Å². The molecule has 2 aromatic carbocycles. The van der Waals surface area contributed by atoms with Gasteiger partial charge in [-0.25, -0.2) is 9.18 Å². The third-order valence-corrected chi connectivity index (χ3v) is 3.38. The molecule has 110 valence electrons. The van der Waals surface area contributed by atoms with E-state index < -0.39 is 17.8 Å². The standard InChI is InChI=1S/C17H18FNO2/c1-3-19(15-9-4-6-12(2)10-15)16(17(20)21)13-7-5-8-14(18)11-13/h4-11,16H,3H2,1-2H3,(H,20,21). The number of hydrogen-bond acceptors (Lipinski definition) is 2. The summed E-state index contributed by atoms with van der Waals surface area (Å²) in [4.78, 5) is 13.5. The Labute approximate surface area is 123 Å². The largest absolute Gasteiger partial charge is 0.479 e. The summed E-state index contributed by atoms with van der Waals surface area (Å²) in [6.45, 7) is 4.35. The molecule has 0 aromatic heterocycles. The summed E-state index contributed by atoms with van der Waals surface area (Å²) in [6, 6.07) is 12.5. The van der Waals surface area contributed by atoms with Crippen LogP contribution in [0.25, 0.3) is 0 Å². The molecule has 3 nitrogen and oxygen atoms in total. The van der Waals surface area contributed by atoms with Crippen LogP contribution in [-0.2, 0) is 4.79 Å². The van der Waals surface area contributed by atoms with E-state index in [9.17, 15) is 14.3 Å². The Bertz CT molecular complexity index is 642. The van der Waals surface area contributed by atoms with E-state index in [2.05, 4.69) is 0 Å². The molecular formula is C17H18FNO2. The van der Waals surface area contributed by atoms with E-state index in [-0.39, 0.29) is 0 Å². The lowest BCUT2D eigenvalue weighted by Gasteiger charge is -2.30. The highest BCUT2D eigenvalue weighted by atomic mass is 19.1. The quantitative estimate of drug-likeness (QED) is 0.909. The molecule has 1 N–H and O–H groups in total. The highest BCUT2D eigenvalue weighted by Crippen LogP contribution is 2.28. The second-order valence-corrected chi connectivity index (χ2v) is 4.92. The number of aliphatic carboxylic acids is 1. The van der Waals surface area contributed by atoms with Crippen LogP contribution in [0, 0.1) is 12.7 Å². The predicted octanol–water partition coefficient (Wildman–Crippen LogP) is 3.79. The van der Waals surface area contributed by atoms with Gasteiger partial charge in [0.05, 0.1) is 0 Å². The highest BCUT2D eigenvalue weighted by molar-refractivity contribution is 5.80. The van der Waals surface area contributed by atoms with Crippen molar-refractivity contribution in [2.24, 2.45) is 0 Å². The molecule has 0 bridgehead atoms. The fraction of sp³-hybridized carbons (Fsp3) is 0.235. The van der Waals surface area contributed by atoms with Crippen LogP contribution in [0.15, 0.2) is 48.5 Å². The van der Waals surface area contributed by atoms with Gasteiger partial charge in [0.2, 0.25) is 0 Å². The normalized spacial score (nSPS) is 12.0. The van der Waals surface area contributed by atoms with Gasteiger partial charge in [-0.1, -0.05) is 24.3 Å². The van der Waals surface area contributed by atoms with E-state index in [1.807, 2.05) is 38.1 Å². The Kier molecular flexibility index (Phi) is 4.58. The lowest BCUT2D eigenvalue weighted by atomic mass is 10.0. The number of carboxylic acids is 1. The number of rotatable bonds is 5. The zero-order valence-corrected chi connectivity index (χ0v) is 12.1. The van der Waals surface area contributed by atoms with Crippen molar-refractivity contribution in [1.82, 2.24) is 0 Å². The maximum atomic E-state index is 13.4. The van der Waals surface area contributed by atoms with Crippen molar-refractivity contribution in [1.29, 1.82) is 0 Å². The van der Waals surface area contributed by atoms with E-state index in [1.54, 1.807) is 11.0 Å². The molecule has 0 aliphatic carbocycles. The van der Waals surface area contributed by atoms with Crippen LogP contribution >= 0.6 is 0 Å². The van der Waals surface area contributed by atoms with Crippen molar-refractivity contribution in [3.05, 3.63) is 65.5 Å². The number of hydrogen-bond donors (Lipinski definition) is 1. The van der Waals surface area contributed by atoms with Crippen molar-refractivity contribution < 1.29 is 14.3 Å². The Morgan fingerprint density at radius 3 is 2.52 bits per heavy atom. The fourth-order valence-corrected chi connectivity index (χ4v) is 2.45. The molecule has 21 heavy (non-hydrogen) atoms. The van der Waals surface area contributed by atoms with E-state index in [0.29, 0.717) is 12.1 Å². The molecule has 2 aromatic rings. The second-order valence-electron chi connectivity index (χ2n) is 4.92. The maximum absolute atomic E-state index is 13.4. The molecule has 1 atom stereocenters. The summed E-state index contributed by atoms with van der Waals surface area (Å²) >= 11 is 0. The SMILES string of the molecule is CCN(c1cccc(C)c1)C(C(=O)O)c1cccc(F)c1. The van der Waals surface area contributed by atoms with Gasteiger partial charge in [0, 0.05) is 12.2 Å². The first-order chi connectivity index (χ1) is 10.0. The number of carbonyl (C=O) groups is 1. The predicted molar refractivity (Wildman–Crippen MR) is 81.0 cm³/mol. The number of benzene rings is 2. The second kappa shape index (κ2) is 6.39. The number of anilines is 1. The van der Waals surface area contributed by atoms with Gasteiger partial charge >= 0.3 is 5.97 Å². The lowest BCUT2D eigenvalue weighted by molar-refractivity contribution is -0.138. The number of halogens is 1. The van der Waals surface area contributed by atoms with Gasteiger partial charge in [-0.05, 0) is 49.2 Å². The molecule has 4 heteroatoms. The number of aryl methyl sites for hydroxylation is 1. The number of likely N-dealkylation sites (N-methyl/N-ethyl adjacent to an activating group) is 1. The third-order valence-electron chi connectivity index (χ3n) is 3.38. The molecule has 0 spiro atoms. The molecule has 2 rings (SSSR count). The van der Waals surface area contributed by atoms with Crippen LogP contribution in [0.2, 0.25) is 0 Å². The van der Waals surface area contributed by atoms with Crippen LogP contribution < -0.4 is 4.90 Å². The van der Waals surface area contributed by atoms with Gasteiger partial charge in [-0.2, -0.15) is 0 Å². The average molecular weight is 287 g/mol. The van der Waals surface area contributed by atoms with Crippen LogP contribution in [0.1, 0.15) is 24.1 Å². The van der Waals surface area contributed by atoms with Gasteiger partial charge in [0.15, 0.2) is 6.04 Å². The molecule has 0 saturated heterocycles. The molecule has 0 saturated carbocycles. The minimum absolute atomic E-state index is 0.431. The van der Waals surface area contributed by atoms with Crippen LogP contribution in [0.3, 0.4) is 0 Å². The summed E-state index contributed by atoms with van der Waals surface area (Å²) in [7, 11) is 0. The van der Waals surface area contributed by atoms with Gasteiger partial charge < -0.3 is 10.0 Å². The third kappa shape index (κ3) is 3.40. The zero-order valence-electron chi connectivity index (χ0n) is 12.1. The van der Waals surface area contributed by atoms with Crippen molar-refractivity contribution in [3.63, 3.8) is 0 Å². The first-order valence-electron chi connectivity index (χ1n) is 6.84. The fourth-order valence-electron chi connectivity index (χ4n) is 2.45. The zero-order chi connectivity index (χ0) is 15.4. The monoisotopic (exact) mass is 287 g/mol. The Hall–Kier alpha value is -2.36. The van der Waals surface area contributed by atoms with Gasteiger partial charge in [-0.3, -0.25) is 0 Å². The summed E-state index contributed by atoms with van der Waals surface area (Å²) in [5.41, 5.74) is 2.30. The Balaban J connectivity index is 2.47. The molecule has 0 aliphatic rings. The first-order valence-corrected chi connectivity index (χ1v) is 6.84. The Morgan fingerprint density at radius 2 is 1.95 bits per heavy atom. The summed E-state index contributed by atoms with van der Waals surface area (Å²) < 4.78 is 13.4. The summed E-state index contributed by atoms with van der Waals surface area (Å²) in [5.74, 6) is -1.43. The molecule has 0 fully saturated rings. The lowest BCUT2D eigenvalue weighted by Crippen LogP contribution is -2.34. The first kappa shape index (κ1) is 15.0. The molecule has 0 amide bonds. The topological polar surface area (TPSA) is 40.5 Å². The maximum Gasteiger partial charge on any atom is 0.331 e. The van der Waals surface area contributed by atoms with Gasteiger partial charge in [0.1, 0.15) is 5.82 Å². The summed E-state index contributed by atoms with van der Waals surface area (Å²) in [5, 5.41) is 9.59. The summed E-state index contributed by atoms with van der Waals surface area (Å²) in [6.07, 6.45) is 0. The van der Waals surface area contributed by atoms with E-state index >= 15 is 0 Å². The smallest absolute Gasteiger partial charge is 0.331 e. The molecular weight excluding hydrogens is 269 g/mol. The van der Waals surface area contributed by atoms with Crippen molar-refractivity contribution >= 4 is 11.7 Å². The van der Waals surface area contributed by atoms with E-state index in [1.165, 1.54) is 18.2 Å². The van der Waals surface area contributed by atoms with Gasteiger partial charge in [0.25, 0.3) is 0 Å². The van der Waals surface area contributed by atoms with Crippen molar-refractivity contribution in [2.75, 3.05) is 11.4 Å². The molecule has 0 radical (unpaired) electrons. The minimum Gasteiger partial charge on any atom is -0.479 e. The van der Waals surface area contributed by atoms with Gasteiger partial charge in [-0.15, -0.1) is 0 Å². The number of carboxylic acid groups (broad SMARTS) is 1. The van der Waals surface area contributed by atoms with Crippen molar-refractivity contribution in [3.8, 4) is 0 Å².